The van der Waals surface area contributed by atoms with Crippen LogP contribution < -0.4 is 5.32 Å². The van der Waals surface area contributed by atoms with Gasteiger partial charge in [0, 0.05) is 31.2 Å². The Labute approximate surface area is 112 Å². The van der Waals surface area contributed by atoms with Crippen molar-refractivity contribution >= 4 is 11.3 Å². The number of aromatic nitrogens is 3. The maximum atomic E-state index is 4.58. The van der Waals surface area contributed by atoms with Crippen molar-refractivity contribution < 1.29 is 0 Å². The molecule has 98 valence electrons. The second kappa shape index (κ2) is 6.11. The van der Waals surface area contributed by atoms with Crippen LogP contribution in [-0.4, -0.2) is 21.1 Å². The molecule has 0 saturated heterocycles. The largest absolute Gasteiger partial charge is 0.338 e. The van der Waals surface area contributed by atoms with Crippen LogP contribution in [0.1, 0.15) is 35.9 Å². The molecule has 0 aliphatic carbocycles. The fourth-order valence-corrected chi connectivity index (χ4v) is 2.72. The van der Waals surface area contributed by atoms with E-state index in [0.29, 0.717) is 6.04 Å². The van der Waals surface area contributed by atoms with Gasteiger partial charge in [0.25, 0.3) is 0 Å². The maximum absolute atomic E-state index is 4.58. The fourth-order valence-electron chi connectivity index (χ4n) is 2.05. The molecule has 2 heterocycles. The predicted octanol–water partition coefficient (Wildman–Crippen LogP) is 2.47. The Morgan fingerprint density at radius 3 is 2.89 bits per heavy atom. The third kappa shape index (κ3) is 3.17. The van der Waals surface area contributed by atoms with Crippen molar-refractivity contribution in [3.63, 3.8) is 0 Å². The van der Waals surface area contributed by atoms with Gasteiger partial charge in [0.05, 0.1) is 16.7 Å². The summed E-state index contributed by atoms with van der Waals surface area (Å²) in [6.07, 6.45) is 5.84. The lowest BCUT2D eigenvalue weighted by molar-refractivity contribution is 0.496. The van der Waals surface area contributed by atoms with Crippen LogP contribution in [0.5, 0.6) is 0 Å². The highest BCUT2D eigenvalue weighted by molar-refractivity contribution is 7.09. The Morgan fingerprint density at radius 1 is 1.50 bits per heavy atom. The van der Waals surface area contributed by atoms with Crippen molar-refractivity contribution in [3.8, 4) is 0 Å². The average molecular weight is 264 g/mol. The molecule has 0 spiro atoms. The van der Waals surface area contributed by atoms with Crippen LogP contribution in [-0.2, 0) is 13.5 Å². The van der Waals surface area contributed by atoms with E-state index >= 15 is 0 Å². The van der Waals surface area contributed by atoms with Crippen molar-refractivity contribution in [3.05, 3.63) is 34.3 Å². The predicted molar refractivity (Wildman–Crippen MR) is 74.8 cm³/mol. The highest BCUT2D eigenvalue weighted by Gasteiger charge is 2.14. The quantitative estimate of drug-likeness (QED) is 0.871. The first-order valence-corrected chi connectivity index (χ1v) is 7.20. The highest BCUT2D eigenvalue weighted by Crippen LogP contribution is 2.20. The SMILES string of the molecule is CCNC(CCc1nccn1C)c1csc(C)n1. The van der Waals surface area contributed by atoms with E-state index < -0.39 is 0 Å². The number of hydrogen-bond acceptors (Lipinski definition) is 4. The summed E-state index contributed by atoms with van der Waals surface area (Å²) in [6.45, 7) is 5.14. The maximum Gasteiger partial charge on any atom is 0.108 e. The highest BCUT2D eigenvalue weighted by atomic mass is 32.1. The first-order chi connectivity index (χ1) is 8.70. The minimum Gasteiger partial charge on any atom is -0.338 e. The molecule has 0 aliphatic heterocycles. The van der Waals surface area contributed by atoms with E-state index in [4.69, 9.17) is 0 Å². The second-order valence-electron chi connectivity index (χ2n) is 4.39. The summed E-state index contributed by atoms with van der Waals surface area (Å²) in [4.78, 5) is 8.94. The molecule has 0 amide bonds. The van der Waals surface area contributed by atoms with E-state index in [9.17, 15) is 0 Å². The van der Waals surface area contributed by atoms with Crippen molar-refractivity contribution in [2.45, 2.75) is 32.7 Å². The molecule has 1 N–H and O–H groups in total. The summed E-state index contributed by atoms with van der Waals surface area (Å²) in [5, 5.41) is 6.78. The summed E-state index contributed by atoms with van der Waals surface area (Å²) < 4.78 is 2.08. The summed E-state index contributed by atoms with van der Waals surface area (Å²) in [5.74, 6) is 1.13. The first-order valence-electron chi connectivity index (χ1n) is 6.32. The lowest BCUT2D eigenvalue weighted by Gasteiger charge is -2.15. The van der Waals surface area contributed by atoms with Crippen molar-refractivity contribution in [2.24, 2.45) is 7.05 Å². The normalized spacial score (nSPS) is 12.8. The van der Waals surface area contributed by atoms with Gasteiger partial charge in [-0.3, -0.25) is 0 Å². The molecule has 2 aromatic rings. The van der Waals surface area contributed by atoms with Crippen molar-refractivity contribution in [1.82, 2.24) is 19.9 Å². The van der Waals surface area contributed by atoms with Gasteiger partial charge in [0.2, 0.25) is 0 Å². The fraction of sp³-hybridized carbons (Fsp3) is 0.538. The van der Waals surface area contributed by atoms with Gasteiger partial charge in [-0.25, -0.2) is 9.97 Å². The van der Waals surface area contributed by atoms with Crippen molar-refractivity contribution in [1.29, 1.82) is 0 Å². The zero-order chi connectivity index (χ0) is 13.0. The van der Waals surface area contributed by atoms with Gasteiger partial charge < -0.3 is 9.88 Å². The van der Waals surface area contributed by atoms with E-state index in [2.05, 4.69) is 39.1 Å². The van der Waals surface area contributed by atoms with Gasteiger partial charge in [-0.15, -0.1) is 11.3 Å². The third-order valence-electron chi connectivity index (χ3n) is 3.02. The van der Waals surface area contributed by atoms with E-state index in [1.165, 1.54) is 0 Å². The van der Waals surface area contributed by atoms with Crippen LogP contribution in [0.25, 0.3) is 0 Å². The molecule has 2 aromatic heterocycles. The van der Waals surface area contributed by atoms with E-state index in [1.54, 1.807) is 11.3 Å². The average Bonchev–Trinajstić information content (AvgIpc) is 2.94. The molecule has 0 saturated carbocycles. The lowest BCUT2D eigenvalue weighted by atomic mass is 10.1. The molecule has 0 bridgehead atoms. The first kappa shape index (κ1) is 13.2. The summed E-state index contributed by atoms with van der Waals surface area (Å²) >= 11 is 1.71. The zero-order valence-electron chi connectivity index (χ0n) is 11.2. The Hall–Kier alpha value is -1.20. The molecule has 0 aromatic carbocycles. The van der Waals surface area contributed by atoms with Gasteiger partial charge >= 0.3 is 0 Å². The Bertz CT molecular complexity index is 489. The molecular formula is C13H20N4S. The molecule has 0 radical (unpaired) electrons. The van der Waals surface area contributed by atoms with E-state index in [0.717, 1.165) is 35.9 Å². The van der Waals surface area contributed by atoms with Crippen LogP contribution >= 0.6 is 11.3 Å². The Kier molecular flexibility index (Phi) is 4.49. The summed E-state index contributed by atoms with van der Waals surface area (Å²) in [7, 11) is 2.04. The molecule has 18 heavy (non-hydrogen) atoms. The van der Waals surface area contributed by atoms with Crippen LogP contribution in [0.15, 0.2) is 17.8 Å². The van der Waals surface area contributed by atoms with Gasteiger partial charge in [0.1, 0.15) is 5.82 Å². The van der Waals surface area contributed by atoms with Crippen LogP contribution in [0.2, 0.25) is 0 Å². The number of thiazole rings is 1. The smallest absolute Gasteiger partial charge is 0.108 e. The molecule has 4 nitrogen and oxygen atoms in total. The number of imidazole rings is 1. The Morgan fingerprint density at radius 2 is 2.33 bits per heavy atom. The van der Waals surface area contributed by atoms with Gasteiger partial charge in [-0.2, -0.15) is 0 Å². The number of rotatable bonds is 6. The minimum atomic E-state index is 0.330. The monoisotopic (exact) mass is 264 g/mol. The standard InChI is InChI=1S/C13H20N4S/c1-4-14-11(12-9-18-10(2)16-12)5-6-13-15-7-8-17(13)3/h7-9,11,14H,4-6H2,1-3H3. The molecule has 0 aliphatic rings. The molecule has 2 rings (SSSR count). The van der Waals surface area contributed by atoms with Crippen molar-refractivity contribution in [2.75, 3.05) is 6.54 Å². The Balaban J connectivity index is 2.01. The topological polar surface area (TPSA) is 42.7 Å². The lowest BCUT2D eigenvalue weighted by Crippen LogP contribution is -2.22. The molecule has 0 fully saturated rings. The number of aryl methyl sites for hydroxylation is 3. The number of nitrogens with zero attached hydrogens (tertiary/aromatic N) is 3. The minimum absolute atomic E-state index is 0.330. The summed E-state index contributed by atoms with van der Waals surface area (Å²) in [5.41, 5.74) is 1.16. The van der Waals surface area contributed by atoms with E-state index in [1.807, 2.05) is 19.4 Å². The second-order valence-corrected chi connectivity index (χ2v) is 5.46. The number of hydrogen-bond donors (Lipinski definition) is 1. The summed E-state index contributed by atoms with van der Waals surface area (Å²) in [6, 6.07) is 0.330. The molecule has 1 atom stereocenters. The number of nitrogens with one attached hydrogen (secondary N) is 1. The zero-order valence-corrected chi connectivity index (χ0v) is 12.0. The van der Waals surface area contributed by atoms with E-state index in [-0.39, 0.29) is 0 Å². The van der Waals surface area contributed by atoms with Crippen LogP contribution in [0.3, 0.4) is 0 Å². The molecule has 1 unspecified atom stereocenters. The van der Waals surface area contributed by atoms with Crippen LogP contribution in [0.4, 0.5) is 0 Å². The van der Waals surface area contributed by atoms with Gasteiger partial charge in [-0.05, 0) is 19.9 Å². The third-order valence-corrected chi connectivity index (χ3v) is 3.81. The van der Waals surface area contributed by atoms with Gasteiger partial charge in [-0.1, -0.05) is 6.92 Å². The van der Waals surface area contributed by atoms with Crippen LogP contribution in [0, 0.1) is 6.92 Å². The molecular weight excluding hydrogens is 244 g/mol. The van der Waals surface area contributed by atoms with Gasteiger partial charge in [0.15, 0.2) is 0 Å². The molecule has 5 heteroatoms.